The van der Waals surface area contributed by atoms with Gasteiger partial charge in [-0.05, 0) is 32.9 Å². The first kappa shape index (κ1) is 19.9. The lowest BCUT2D eigenvalue weighted by Gasteiger charge is -2.38. The molecule has 1 aliphatic rings. The molecule has 0 atom stereocenters. The van der Waals surface area contributed by atoms with Crippen molar-refractivity contribution in [2.24, 2.45) is 0 Å². The normalized spacial score (nSPS) is 15.8. The van der Waals surface area contributed by atoms with Gasteiger partial charge in [-0.1, -0.05) is 6.07 Å². The van der Waals surface area contributed by atoms with Gasteiger partial charge in [0, 0.05) is 26.2 Å². The summed E-state index contributed by atoms with van der Waals surface area (Å²) in [6, 6.07) is 3.09. The van der Waals surface area contributed by atoms with Crippen LogP contribution in [0.15, 0.2) is 18.2 Å². The molecule has 0 aliphatic carbocycles. The van der Waals surface area contributed by atoms with E-state index < -0.39 is 35.0 Å². The summed E-state index contributed by atoms with van der Waals surface area (Å²) in [6.45, 7) is 5.60. The van der Waals surface area contributed by atoms with Crippen LogP contribution in [0.4, 0.5) is 23.7 Å². The van der Waals surface area contributed by atoms with Crippen LogP contribution in [0.3, 0.4) is 0 Å². The third kappa shape index (κ3) is 4.59. The van der Waals surface area contributed by atoms with Crippen LogP contribution in [0.2, 0.25) is 0 Å². The molecule has 0 saturated carbocycles. The van der Waals surface area contributed by atoms with Crippen molar-refractivity contribution < 1.29 is 32.6 Å². The Labute approximate surface area is 149 Å². The monoisotopic (exact) mass is 374 g/mol. The summed E-state index contributed by atoms with van der Waals surface area (Å²) in [7, 11) is 0. The van der Waals surface area contributed by atoms with Crippen LogP contribution in [-0.2, 0) is 10.9 Å². The lowest BCUT2D eigenvalue weighted by Crippen LogP contribution is -2.50. The van der Waals surface area contributed by atoms with E-state index in [4.69, 9.17) is 4.74 Å². The van der Waals surface area contributed by atoms with Crippen LogP contribution >= 0.6 is 0 Å². The van der Waals surface area contributed by atoms with Crippen LogP contribution in [-0.4, -0.2) is 53.8 Å². The van der Waals surface area contributed by atoms with Gasteiger partial charge in [-0.15, -0.1) is 0 Å². The number of benzene rings is 1. The van der Waals surface area contributed by atoms with Gasteiger partial charge in [0.05, 0.1) is 16.8 Å². The summed E-state index contributed by atoms with van der Waals surface area (Å²) in [5.74, 6) is -1.43. The fraction of sp³-hybridized carbons (Fsp3) is 0.529. The van der Waals surface area contributed by atoms with Gasteiger partial charge < -0.3 is 19.6 Å². The van der Waals surface area contributed by atoms with Crippen molar-refractivity contribution in [3.63, 3.8) is 0 Å². The molecule has 2 rings (SSSR count). The number of rotatable bonds is 2. The Morgan fingerprint density at radius 1 is 1.08 bits per heavy atom. The van der Waals surface area contributed by atoms with E-state index in [1.54, 1.807) is 20.8 Å². The van der Waals surface area contributed by atoms with Crippen molar-refractivity contribution >= 4 is 17.7 Å². The molecule has 1 aliphatic heterocycles. The smallest absolute Gasteiger partial charge is 0.418 e. The molecule has 9 heteroatoms. The molecule has 0 spiro atoms. The predicted molar refractivity (Wildman–Crippen MR) is 88.4 cm³/mol. The first-order valence-electron chi connectivity index (χ1n) is 8.06. The van der Waals surface area contributed by atoms with E-state index in [1.165, 1.54) is 9.80 Å². The number of carbonyl (C=O) groups excluding carboxylic acids is 1. The number of amides is 1. The Balaban J connectivity index is 2.24. The number of carboxylic acids is 1. The summed E-state index contributed by atoms with van der Waals surface area (Å²) in [6.07, 6.45) is -5.22. The first-order chi connectivity index (χ1) is 11.9. The number of hydrogen-bond donors (Lipinski definition) is 1. The molecule has 1 aromatic rings. The second-order valence-electron chi connectivity index (χ2n) is 6.96. The predicted octanol–water partition coefficient (Wildman–Crippen LogP) is 3.46. The number of hydrogen-bond acceptors (Lipinski definition) is 4. The Morgan fingerprint density at radius 3 is 2.12 bits per heavy atom. The van der Waals surface area contributed by atoms with E-state index in [9.17, 15) is 27.9 Å². The lowest BCUT2D eigenvalue weighted by molar-refractivity contribution is -0.137. The number of piperazine rings is 1. The van der Waals surface area contributed by atoms with Crippen LogP contribution in [0, 0.1) is 0 Å². The fourth-order valence-electron chi connectivity index (χ4n) is 2.72. The summed E-state index contributed by atoms with van der Waals surface area (Å²) in [5, 5.41) is 9.28. The summed E-state index contributed by atoms with van der Waals surface area (Å²) in [5.41, 5.74) is -2.45. The van der Waals surface area contributed by atoms with Crippen molar-refractivity contribution in [3.05, 3.63) is 29.3 Å². The quantitative estimate of drug-likeness (QED) is 0.859. The van der Waals surface area contributed by atoms with Crippen molar-refractivity contribution in [2.75, 3.05) is 31.1 Å². The van der Waals surface area contributed by atoms with Crippen molar-refractivity contribution in [2.45, 2.75) is 32.5 Å². The highest BCUT2D eigenvalue weighted by Crippen LogP contribution is 2.39. The zero-order valence-corrected chi connectivity index (χ0v) is 14.8. The highest BCUT2D eigenvalue weighted by atomic mass is 19.4. The van der Waals surface area contributed by atoms with E-state index in [2.05, 4.69) is 0 Å². The molecule has 1 aromatic carbocycles. The second-order valence-corrected chi connectivity index (χ2v) is 6.96. The number of aromatic carboxylic acids is 1. The summed E-state index contributed by atoms with van der Waals surface area (Å²) in [4.78, 5) is 26.2. The molecule has 0 radical (unpaired) electrons. The zero-order valence-electron chi connectivity index (χ0n) is 14.8. The summed E-state index contributed by atoms with van der Waals surface area (Å²) < 4.78 is 45.3. The minimum absolute atomic E-state index is 0.0760. The topological polar surface area (TPSA) is 70.1 Å². The Morgan fingerprint density at radius 2 is 1.65 bits per heavy atom. The van der Waals surface area contributed by atoms with E-state index >= 15 is 0 Å². The van der Waals surface area contributed by atoms with E-state index in [0.29, 0.717) is 0 Å². The van der Waals surface area contributed by atoms with Gasteiger partial charge in [-0.25, -0.2) is 9.59 Å². The number of para-hydroxylation sites is 1. The molecule has 1 fully saturated rings. The fourth-order valence-corrected chi connectivity index (χ4v) is 2.72. The number of ether oxygens (including phenoxy) is 1. The van der Waals surface area contributed by atoms with Crippen LogP contribution < -0.4 is 4.90 Å². The van der Waals surface area contributed by atoms with Gasteiger partial charge in [0.1, 0.15) is 5.60 Å². The van der Waals surface area contributed by atoms with Crippen molar-refractivity contribution in [1.29, 1.82) is 0 Å². The Kier molecular flexibility index (Phi) is 5.39. The molecule has 1 N–H and O–H groups in total. The molecule has 0 aromatic heterocycles. The zero-order chi connectivity index (χ0) is 19.7. The maximum Gasteiger partial charge on any atom is 0.418 e. The van der Waals surface area contributed by atoms with Gasteiger partial charge in [0.2, 0.25) is 0 Å². The highest BCUT2D eigenvalue weighted by Gasteiger charge is 2.38. The summed E-state index contributed by atoms with van der Waals surface area (Å²) >= 11 is 0. The Hall–Kier alpha value is -2.45. The molecule has 0 bridgehead atoms. The maximum atomic E-state index is 13.3. The number of carboxylic acid groups (broad SMARTS) is 1. The molecule has 1 heterocycles. The molecule has 0 unspecified atom stereocenters. The number of alkyl halides is 3. The Bertz CT molecular complexity index is 690. The van der Waals surface area contributed by atoms with E-state index in [0.717, 1.165) is 18.2 Å². The molecule has 1 amide bonds. The van der Waals surface area contributed by atoms with Gasteiger partial charge in [0.25, 0.3) is 0 Å². The minimum atomic E-state index is -4.68. The molecular formula is C17H21F3N2O4. The van der Waals surface area contributed by atoms with E-state index in [1.807, 2.05) is 0 Å². The van der Waals surface area contributed by atoms with Gasteiger partial charge in [0.15, 0.2) is 0 Å². The standard InChI is InChI=1S/C17H21F3N2O4/c1-16(2,3)26-15(25)22-9-7-21(8-10-22)13-11(14(23)24)5-4-6-12(13)17(18,19)20/h4-6H,7-10H2,1-3H3,(H,23,24). The number of nitrogens with zero attached hydrogens (tertiary/aromatic N) is 2. The van der Waals surface area contributed by atoms with Crippen LogP contribution in [0.5, 0.6) is 0 Å². The average Bonchev–Trinajstić information content (AvgIpc) is 2.51. The first-order valence-corrected chi connectivity index (χ1v) is 8.06. The number of anilines is 1. The second kappa shape index (κ2) is 7.05. The largest absolute Gasteiger partial charge is 0.478 e. The molecule has 6 nitrogen and oxygen atoms in total. The highest BCUT2D eigenvalue weighted by molar-refractivity contribution is 5.95. The van der Waals surface area contributed by atoms with Gasteiger partial charge in [-0.2, -0.15) is 13.2 Å². The number of halogens is 3. The van der Waals surface area contributed by atoms with Gasteiger partial charge in [-0.3, -0.25) is 0 Å². The van der Waals surface area contributed by atoms with Crippen molar-refractivity contribution in [1.82, 2.24) is 4.90 Å². The lowest BCUT2D eigenvalue weighted by atomic mass is 10.0. The van der Waals surface area contributed by atoms with Crippen molar-refractivity contribution in [3.8, 4) is 0 Å². The molecule has 26 heavy (non-hydrogen) atoms. The van der Waals surface area contributed by atoms with Gasteiger partial charge >= 0.3 is 18.2 Å². The maximum absolute atomic E-state index is 13.3. The van der Waals surface area contributed by atoms with Crippen LogP contribution in [0.1, 0.15) is 36.7 Å². The molecule has 144 valence electrons. The number of carbonyl (C=O) groups is 2. The third-order valence-electron chi connectivity index (χ3n) is 3.82. The van der Waals surface area contributed by atoms with E-state index in [-0.39, 0.29) is 31.9 Å². The SMILES string of the molecule is CC(C)(C)OC(=O)N1CCN(c2c(C(=O)O)cccc2C(F)(F)F)CC1. The third-order valence-corrected chi connectivity index (χ3v) is 3.82. The minimum Gasteiger partial charge on any atom is -0.478 e. The molecule has 1 saturated heterocycles. The molecular weight excluding hydrogens is 353 g/mol. The average molecular weight is 374 g/mol. The van der Waals surface area contributed by atoms with Crippen LogP contribution in [0.25, 0.3) is 0 Å².